The molecule has 2 N–H and O–H groups in total. The normalized spacial score (nSPS) is 17.1. The van der Waals surface area contributed by atoms with E-state index in [9.17, 15) is 4.79 Å². The first kappa shape index (κ1) is 26.5. The second-order valence-corrected chi connectivity index (χ2v) is 7.86. The number of aryl methyl sites for hydroxylation is 1. The van der Waals surface area contributed by atoms with Gasteiger partial charge in [0.15, 0.2) is 5.96 Å². The van der Waals surface area contributed by atoms with Gasteiger partial charge < -0.3 is 25.0 Å². The van der Waals surface area contributed by atoms with Crippen molar-refractivity contribution >= 4 is 35.8 Å². The van der Waals surface area contributed by atoms with Crippen LogP contribution in [0.2, 0.25) is 0 Å². The Morgan fingerprint density at radius 2 is 2.13 bits per heavy atom. The summed E-state index contributed by atoms with van der Waals surface area (Å²) >= 11 is 0. The van der Waals surface area contributed by atoms with Gasteiger partial charge in [-0.3, -0.25) is 4.79 Å². The van der Waals surface area contributed by atoms with E-state index in [0.29, 0.717) is 18.4 Å². The van der Waals surface area contributed by atoms with E-state index in [2.05, 4.69) is 49.6 Å². The van der Waals surface area contributed by atoms with Crippen molar-refractivity contribution in [2.24, 2.45) is 10.9 Å². The Balaban J connectivity index is 0.00000450. The van der Waals surface area contributed by atoms with Crippen molar-refractivity contribution in [1.29, 1.82) is 0 Å². The third-order valence-corrected chi connectivity index (χ3v) is 5.02. The minimum absolute atomic E-state index is 0. The Kier molecular flexibility index (Phi) is 12.1. The number of ether oxygens (including phenoxy) is 2. The molecule has 170 valence electrons. The summed E-state index contributed by atoms with van der Waals surface area (Å²) in [7, 11) is 3.49. The van der Waals surface area contributed by atoms with E-state index in [-0.39, 0.29) is 42.5 Å². The van der Waals surface area contributed by atoms with Crippen molar-refractivity contribution in [3.05, 3.63) is 29.3 Å². The number of nitrogens with one attached hydrogen (secondary N) is 2. The van der Waals surface area contributed by atoms with Crippen molar-refractivity contribution in [2.75, 3.05) is 40.4 Å². The number of amides is 1. The number of nitrogens with zero attached hydrogens (tertiary/aromatic N) is 2. The average molecular weight is 532 g/mol. The highest BCUT2D eigenvalue weighted by Gasteiger charge is 2.16. The largest absolute Gasteiger partial charge is 0.490 e. The van der Waals surface area contributed by atoms with Gasteiger partial charge >= 0.3 is 0 Å². The van der Waals surface area contributed by atoms with Crippen molar-refractivity contribution in [1.82, 2.24) is 15.5 Å². The molecule has 0 saturated carbocycles. The molecule has 0 bridgehead atoms. The fourth-order valence-corrected chi connectivity index (χ4v) is 2.84. The molecule has 1 aliphatic rings. The van der Waals surface area contributed by atoms with E-state index >= 15 is 0 Å². The van der Waals surface area contributed by atoms with E-state index in [0.717, 1.165) is 49.5 Å². The molecule has 2 unspecified atom stereocenters. The Bertz CT molecular complexity index is 691. The van der Waals surface area contributed by atoms with Gasteiger partial charge in [0.1, 0.15) is 5.75 Å². The molecule has 1 fully saturated rings. The maximum absolute atomic E-state index is 12.0. The van der Waals surface area contributed by atoms with E-state index < -0.39 is 0 Å². The molecule has 1 aliphatic heterocycles. The van der Waals surface area contributed by atoms with Crippen LogP contribution in [0.4, 0.5) is 0 Å². The molecule has 1 saturated heterocycles. The van der Waals surface area contributed by atoms with Gasteiger partial charge in [0.2, 0.25) is 5.91 Å². The molecule has 2 rings (SSSR count). The van der Waals surface area contributed by atoms with E-state index in [4.69, 9.17) is 14.5 Å². The van der Waals surface area contributed by atoms with Crippen LogP contribution in [0.15, 0.2) is 23.2 Å². The lowest BCUT2D eigenvalue weighted by Crippen LogP contribution is -2.44. The minimum atomic E-state index is -0.000159. The summed E-state index contributed by atoms with van der Waals surface area (Å²) in [6.45, 7) is 9.25. The molecular weight excluding hydrogens is 495 g/mol. The maximum atomic E-state index is 12.0. The smallest absolute Gasteiger partial charge is 0.241 e. The highest BCUT2D eigenvalue weighted by molar-refractivity contribution is 14.0. The lowest BCUT2D eigenvalue weighted by atomic mass is 10.1. The molecule has 1 heterocycles. The zero-order chi connectivity index (χ0) is 21.2. The van der Waals surface area contributed by atoms with Gasteiger partial charge in [-0.05, 0) is 38.3 Å². The van der Waals surface area contributed by atoms with Gasteiger partial charge in [-0.2, -0.15) is 0 Å². The molecule has 0 aliphatic carbocycles. The molecule has 8 heteroatoms. The second-order valence-electron chi connectivity index (χ2n) is 7.86. The molecule has 0 aromatic heterocycles. The standard InChI is InChI=1S/C22H36N4O3.HI/c1-6-17(3)29-20-11-16(2)7-8-19(20)13-24-22(25-14-21(27)26(4)5)23-12-18-9-10-28-15-18;/h7-8,11,17-18H,6,9-10,12-15H2,1-5H3,(H2,23,24,25);1H. The van der Waals surface area contributed by atoms with Crippen LogP contribution in [0.25, 0.3) is 0 Å². The number of guanidine groups is 1. The van der Waals surface area contributed by atoms with Gasteiger partial charge in [-0.1, -0.05) is 19.1 Å². The van der Waals surface area contributed by atoms with Crippen LogP contribution in [-0.4, -0.2) is 63.3 Å². The van der Waals surface area contributed by atoms with Crippen LogP contribution in [-0.2, 0) is 16.1 Å². The van der Waals surface area contributed by atoms with Crippen LogP contribution < -0.4 is 15.4 Å². The van der Waals surface area contributed by atoms with E-state index in [1.54, 1.807) is 19.0 Å². The van der Waals surface area contributed by atoms with Crippen molar-refractivity contribution < 1.29 is 14.3 Å². The third-order valence-electron chi connectivity index (χ3n) is 5.02. The maximum Gasteiger partial charge on any atom is 0.241 e. The number of hydrogen-bond donors (Lipinski definition) is 2. The summed E-state index contributed by atoms with van der Waals surface area (Å²) in [6, 6.07) is 6.19. The Morgan fingerprint density at radius 1 is 1.37 bits per heavy atom. The van der Waals surface area contributed by atoms with E-state index in [1.165, 1.54) is 0 Å². The number of carbonyl (C=O) groups is 1. The van der Waals surface area contributed by atoms with Crippen LogP contribution >= 0.6 is 24.0 Å². The van der Waals surface area contributed by atoms with Crippen molar-refractivity contribution in [3.8, 4) is 5.75 Å². The van der Waals surface area contributed by atoms with Gasteiger partial charge in [0.05, 0.1) is 25.8 Å². The molecule has 2 atom stereocenters. The van der Waals surface area contributed by atoms with Crippen LogP contribution in [0.5, 0.6) is 5.75 Å². The first-order valence-corrected chi connectivity index (χ1v) is 10.4. The number of halogens is 1. The number of rotatable bonds is 9. The minimum Gasteiger partial charge on any atom is -0.490 e. The SMILES string of the molecule is CCC(C)Oc1cc(C)ccc1CN=C(NCC(=O)N(C)C)NCC1CCOC1.I. The molecule has 1 aromatic carbocycles. The van der Waals surface area contributed by atoms with Crippen LogP contribution in [0.3, 0.4) is 0 Å². The molecule has 1 amide bonds. The highest BCUT2D eigenvalue weighted by Crippen LogP contribution is 2.23. The predicted molar refractivity (Wildman–Crippen MR) is 132 cm³/mol. The summed E-state index contributed by atoms with van der Waals surface area (Å²) in [5.74, 6) is 1.97. The second kappa shape index (κ2) is 13.7. The summed E-state index contributed by atoms with van der Waals surface area (Å²) in [5.41, 5.74) is 2.19. The van der Waals surface area contributed by atoms with Crippen LogP contribution in [0, 0.1) is 12.8 Å². The number of likely N-dealkylation sites (N-methyl/N-ethyl adjacent to an activating group) is 1. The molecule has 0 radical (unpaired) electrons. The molecule has 30 heavy (non-hydrogen) atoms. The van der Waals surface area contributed by atoms with Crippen molar-refractivity contribution in [2.45, 2.75) is 46.3 Å². The number of hydrogen-bond acceptors (Lipinski definition) is 4. The number of carbonyl (C=O) groups excluding carboxylic acids is 1. The summed E-state index contributed by atoms with van der Waals surface area (Å²) in [6.07, 6.45) is 2.14. The Morgan fingerprint density at radius 3 is 2.77 bits per heavy atom. The lowest BCUT2D eigenvalue weighted by molar-refractivity contribution is -0.127. The zero-order valence-electron chi connectivity index (χ0n) is 18.9. The van der Waals surface area contributed by atoms with Gasteiger partial charge in [0, 0.05) is 38.7 Å². The quantitative estimate of drug-likeness (QED) is 0.291. The number of benzene rings is 1. The molecule has 0 spiro atoms. The van der Waals surface area contributed by atoms with E-state index in [1.807, 2.05) is 0 Å². The first-order valence-electron chi connectivity index (χ1n) is 10.4. The summed E-state index contributed by atoms with van der Waals surface area (Å²) < 4.78 is 11.5. The molecular formula is C22H37IN4O3. The van der Waals surface area contributed by atoms with Gasteiger partial charge in [0.25, 0.3) is 0 Å². The average Bonchev–Trinajstić information content (AvgIpc) is 3.21. The Labute approximate surface area is 198 Å². The zero-order valence-corrected chi connectivity index (χ0v) is 21.2. The summed E-state index contributed by atoms with van der Waals surface area (Å²) in [4.78, 5) is 18.2. The predicted octanol–water partition coefficient (Wildman–Crippen LogP) is 2.95. The highest BCUT2D eigenvalue weighted by atomic mass is 127. The van der Waals surface area contributed by atoms with Gasteiger partial charge in [-0.15, -0.1) is 24.0 Å². The fraction of sp³-hybridized carbons (Fsp3) is 0.636. The molecule has 1 aromatic rings. The number of aliphatic imine (C=N–C) groups is 1. The van der Waals surface area contributed by atoms with Gasteiger partial charge in [-0.25, -0.2) is 4.99 Å². The first-order chi connectivity index (χ1) is 13.9. The van der Waals surface area contributed by atoms with Crippen LogP contribution in [0.1, 0.15) is 37.8 Å². The topological polar surface area (TPSA) is 75.2 Å². The fourth-order valence-electron chi connectivity index (χ4n) is 2.84. The van der Waals surface area contributed by atoms with Crippen molar-refractivity contribution in [3.63, 3.8) is 0 Å². The third kappa shape index (κ3) is 9.07. The lowest BCUT2D eigenvalue weighted by Gasteiger charge is -2.18. The summed E-state index contributed by atoms with van der Waals surface area (Å²) in [5, 5.41) is 6.50. The monoisotopic (exact) mass is 532 g/mol. The molecule has 7 nitrogen and oxygen atoms in total. The Hall–Kier alpha value is -1.55.